The molecule has 0 radical (unpaired) electrons. The second-order valence-corrected chi connectivity index (χ2v) is 5.83. The smallest absolute Gasteiger partial charge is 0.250 e. The molecule has 2 aliphatic rings. The molecule has 3 heteroatoms. The Hall–Kier alpha value is -1.51. The van der Waals surface area contributed by atoms with Crippen LogP contribution in [0, 0.1) is 0 Å². The van der Waals surface area contributed by atoms with Gasteiger partial charge in [0, 0.05) is 0 Å². The zero-order chi connectivity index (χ0) is 12.8. The zero-order valence-electron chi connectivity index (χ0n) is 11.0. The second kappa shape index (κ2) is 4.01. The highest BCUT2D eigenvalue weighted by atomic mass is 16.2. The Balaban J connectivity index is 1.96. The number of carbonyl (C=O) groups is 1. The molecule has 3 rings (SSSR count). The number of hydrogen-bond acceptors (Lipinski definition) is 2. The molecule has 1 saturated carbocycles. The maximum absolute atomic E-state index is 12.3. The number of benzene rings is 1. The molecule has 3 nitrogen and oxygen atoms in total. The molecule has 0 saturated heterocycles. The van der Waals surface area contributed by atoms with Gasteiger partial charge >= 0.3 is 0 Å². The van der Waals surface area contributed by atoms with E-state index in [0.29, 0.717) is 5.92 Å². The summed E-state index contributed by atoms with van der Waals surface area (Å²) in [5.74, 6) is 0.628. The average molecular weight is 244 g/mol. The highest BCUT2D eigenvalue weighted by Crippen LogP contribution is 2.40. The molecule has 1 aliphatic heterocycles. The van der Waals surface area contributed by atoms with Crippen molar-refractivity contribution in [2.45, 2.75) is 51.0 Å². The highest BCUT2D eigenvalue weighted by molar-refractivity contribution is 6.06. The Morgan fingerprint density at radius 1 is 1.17 bits per heavy atom. The van der Waals surface area contributed by atoms with Gasteiger partial charge in [0.1, 0.15) is 5.54 Å². The minimum atomic E-state index is -0.341. The first kappa shape index (κ1) is 11.6. The van der Waals surface area contributed by atoms with Crippen molar-refractivity contribution in [1.82, 2.24) is 0 Å². The number of amides is 1. The molecule has 1 aliphatic carbocycles. The molecule has 1 fully saturated rings. The number of anilines is 2. The quantitative estimate of drug-likeness (QED) is 0.794. The fourth-order valence-corrected chi connectivity index (χ4v) is 3.02. The van der Waals surface area contributed by atoms with Crippen molar-refractivity contribution in [3.8, 4) is 0 Å². The molecule has 0 aromatic heterocycles. The Morgan fingerprint density at radius 2 is 1.89 bits per heavy atom. The van der Waals surface area contributed by atoms with Gasteiger partial charge in [-0.1, -0.05) is 32.8 Å². The first-order valence-corrected chi connectivity index (χ1v) is 6.84. The maximum atomic E-state index is 12.3. The summed E-state index contributed by atoms with van der Waals surface area (Å²) in [6.45, 7) is 4.33. The molecule has 2 N–H and O–H groups in total. The van der Waals surface area contributed by atoms with Gasteiger partial charge in [-0.05, 0) is 36.5 Å². The van der Waals surface area contributed by atoms with Crippen molar-refractivity contribution < 1.29 is 4.79 Å². The van der Waals surface area contributed by atoms with Crippen molar-refractivity contribution in [2.75, 3.05) is 10.6 Å². The molecule has 1 aromatic carbocycles. The van der Waals surface area contributed by atoms with E-state index in [-0.39, 0.29) is 11.4 Å². The van der Waals surface area contributed by atoms with Gasteiger partial charge in [0.05, 0.1) is 11.4 Å². The van der Waals surface area contributed by atoms with Crippen molar-refractivity contribution in [3.05, 3.63) is 23.8 Å². The molecule has 96 valence electrons. The van der Waals surface area contributed by atoms with Gasteiger partial charge in [0.15, 0.2) is 0 Å². The normalized spacial score (nSPS) is 20.7. The van der Waals surface area contributed by atoms with Gasteiger partial charge in [-0.15, -0.1) is 0 Å². The van der Waals surface area contributed by atoms with E-state index in [1.807, 2.05) is 0 Å². The van der Waals surface area contributed by atoms with Crippen LogP contribution < -0.4 is 10.6 Å². The summed E-state index contributed by atoms with van der Waals surface area (Å²) in [6, 6.07) is 6.34. The summed E-state index contributed by atoms with van der Waals surface area (Å²) in [6.07, 6.45) is 4.17. The molecule has 0 atom stereocenters. The summed E-state index contributed by atoms with van der Waals surface area (Å²) < 4.78 is 0. The first-order chi connectivity index (χ1) is 8.61. The molecule has 1 amide bonds. The standard InChI is InChI=1S/C15H20N2O/c1-10(2)11-5-6-12-13(9-11)16-14(18)15(17-12)7-3-4-8-15/h5-6,9-10,17H,3-4,7-8H2,1-2H3,(H,16,18). The molecule has 18 heavy (non-hydrogen) atoms. The molecule has 1 aromatic rings. The average Bonchev–Trinajstić information content (AvgIpc) is 2.79. The Morgan fingerprint density at radius 3 is 2.56 bits per heavy atom. The lowest BCUT2D eigenvalue weighted by Crippen LogP contribution is -2.50. The van der Waals surface area contributed by atoms with Crippen LogP contribution in [0.1, 0.15) is 51.0 Å². The number of carbonyl (C=O) groups excluding carboxylic acids is 1. The third-order valence-electron chi connectivity index (χ3n) is 4.22. The SMILES string of the molecule is CC(C)c1ccc2c(c1)NC(=O)C1(CCCC1)N2. The fourth-order valence-electron chi connectivity index (χ4n) is 3.02. The topological polar surface area (TPSA) is 41.1 Å². The van der Waals surface area contributed by atoms with Crippen LogP contribution in [0.3, 0.4) is 0 Å². The van der Waals surface area contributed by atoms with Crippen LogP contribution in [0.2, 0.25) is 0 Å². The molecular weight excluding hydrogens is 224 g/mol. The number of fused-ring (bicyclic) bond motifs is 1. The third-order valence-corrected chi connectivity index (χ3v) is 4.22. The lowest BCUT2D eigenvalue weighted by Gasteiger charge is -2.36. The van der Waals surface area contributed by atoms with Crippen LogP contribution in [0.15, 0.2) is 18.2 Å². The predicted octanol–water partition coefficient (Wildman–Crippen LogP) is 3.49. The summed E-state index contributed by atoms with van der Waals surface area (Å²) >= 11 is 0. The van der Waals surface area contributed by atoms with E-state index in [2.05, 4.69) is 42.7 Å². The lowest BCUT2D eigenvalue weighted by atomic mass is 9.92. The van der Waals surface area contributed by atoms with Crippen molar-refractivity contribution in [2.24, 2.45) is 0 Å². The number of hydrogen-bond donors (Lipinski definition) is 2. The Labute approximate surface area is 108 Å². The summed E-state index contributed by atoms with van der Waals surface area (Å²) in [4.78, 5) is 12.3. The summed E-state index contributed by atoms with van der Waals surface area (Å²) in [7, 11) is 0. The third kappa shape index (κ3) is 1.69. The zero-order valence-corrected chi connectivity index (χ0v) is 11.0. The number of rotatable bonds is 1. The van der Waals surface area contributed by atoms with Crippen LogP contribution >= 0.6 is 0 Å². The van der Waals surface area contributed by atoms with Crippen molar-refractivity contribution >= 4 is 17.3 Å². The maximum Gasteiger partial charge on any atom is 0.250 e. The summed E-state index contributed by atoms with van der Waals surface area (Å²) in [5, 5.41) is 6.56. The lowest BCUT2D eigenvalue weighted by molar-refractivity contribution is -0.120. The minimum Gasteiger partial charge on any atom is -0.370 e. The van der Waals surface area contributed by atoms with Crippen LogP contribution in [0.4, 0.5) is 11.4 Å². The van der Waals surface area contributed by atoms with E-state index in [1.165, 1.54) is 5.56 Å². The molecule has 0 bridgehead atoms. The van der Waals surface area contributed by atoms with Crippen molar-refractivity contribution in [3.63, 3.8) is 0 Å². The largest absolute Gasteiger partial charge is 0.370 e. The van der Waals surface area contributed by atoms with Gasteiger partial charge in [0.25, 0.3) is 0 Å². The van der Waals surface area contributed by atoms with E-state index in [9.17, 15) is 4.79 Å². The fraction of sp³-hybridized carbons (Fsp3) is 0.533. The van der Waals surface area contributed by atoms with E-state index >= 15 is 0 Å². The minimum absolute atomic E-state index is 0.147. The predicted molar refractivity (Wildman–Crippen MR) is 74.0 cm³/mol. The number of nitrogens with one attached hydrogen (secondary N) is 2. The van der Waals surface area contributed by atoms with Gasteiger partial charge in [-0.2, -0.15) is 0 Å². The van der Waals surface area contributed by atoms with Crippen LogP contribution in [-0.4, -0.2) is 11.4 Å². The van der Waals surface area contributed by atoms with Crippen molar-refractivity contribution in [1.29, 1.82) is 0 Å². The monoisotopic (exact) mass is 244 g/mol. The first-order valence-electron chi connectivity index (χ1n) is 6.84. The van der Waals surface area contributed by atoms with Gasteiger partial charge in [-0.25, -0.2) is 0 Å². The Kier molecular flexibility index (Phi) is 2.58. The van der Waals surface area contributed by atoms with Crippen LogP contribution in [0.25, 0.3) is 0 Å². The van der Waals surface area contributed by atoms with E-state index in [1.54, 1.807) is 0 Å². The van der Waals surface area contributed by atoms with Gasteiger partial charge in [0.2, 0.25) is 5.91 Å². The van der Waals surface area contributed by atoms with E-state index in [4.69, 9.17) is 0 Å². The Bertz CT molecular complexity index is 487. The molecule has 1 heterocycles. The van der Waals surface area contributed by atoms with E-state index in [0.717, 1.165) is 37.1 Å². The highest BCUT2D eigenvalue weighted by Gasteiger charge is 2.44. The van der Waals surface area contributed by atoms with Crippen LogP contribution in [0.5, 0.6) is 0 Å². The second-order valence-electron chi connectivity index (χ2n) is 5.83. The van der Waals surface area contributed by atoms with Crippen LogP contribution in [-0.2, 0) is 4.79 Å². The van der Waals surface area contributed by atoms with Gasteiger partial charge in [-0.3, -0.25) is 4.79 Å². The summed E-state index contributed by atoms with van der Waals surface area (Å²) in [5.41, 5.74) is 2.93. The van der Waals surface area contributed by atoms with Gasteiger partial charge < -0.3 is 10.6 Å². The molecule has 0 unspecified atom stereocenters. The molecular formula is C15H20N2O. The van der Waals surface area contributed by atoms with E-state index < -0.39 is 0 Å². The molecule has 1 spiro atoms.